The maximum Gasteiger partial charge on any atom is 0.439 e. The highest BCUT2D eigenvalue weighted by Crippen LogP contribution is 2.52. The monoisotopic (exact) mass is 383 g/mol. The molecule has 148 valence electrons. The van der Waals surface area contributed by atoms with Gasteiger partial charge >= 0.3 is 6.18 Å². The minimum Gasteiger partial charge on any atom is -0.362 e. The molecule has 2 heterocycles. The highest BCUT2D eigenvalue weighted by atomic mass is 19.4. The zero-order valence-corrected chi connectivity index (χ0v) is 15.6. The van der Waals surface area contributed by atoms with Crippen LogP contribution >= 0.6 is 0 Å². The van der Waals surface area contributed by atoms with E-state index in [1.807, 2.05) is 20.8 Å². The summed E-state index contributed by atoms with van der Waals surface area (Å²) in [6, 6.07) is 2.81. The van der Waals surface area contributed by atoms with Crippen molar-refractivity contribution in [3.05, 3.63) is 30.1 Å². The first kappa shape index (κ1) is 19.8. The van der Waals surface area contributed by atoms with Gasteiger partial charge in [-0.2, -0.15) is 23.3 Å². The van der Waals surface area contributed by atoms with E-state index in [9.17, 15) is 23.1 Å². The molecule has 8 heteroatoms. The topological polar surface area (TPSA) is 65.8 Å². The minimum absolute atomic E-state index is 0.00812. The Balaban J connectivity index is 2.00. The van der Waals surface area contributed by atoms with E-state index < -0.39 is 23.7 Å². The minimum atomic E-state index is -5.03. The Kier molecular flexibility index (Phi) is 4.82. The molecule has 1 fully saturated rings. The largest absolute Gasteiger partial charge is 0.439 e. The van der Waals surface area contributed by atoms with Crippen LogP contribution in [-0.2, 0) is 0 Å². The van der Waals surface area contributed by atoms with Crippen molar-refractivity contribution in [1.82, 2.24) is 9.99 Å². The van der Waals surface area contributed by atoms with Gasteiger partial charge in [-0.05, 0) is 42.7 Å². The second kappa shape index (κ2) is 6.58. The average Bonchev–Trinajstić information content (AvgIpc) is 2.95. The van der Waals surface area contributed by atoms with Crippen LogP contribution in [0.1, 0.15) is 56.8 Å². The molecule has 2 aliphatic rings. The molecule has 0 radical (unpaired) electrons. The van der Waals surface area contributed by atoms with Gasteiger partial charge in [0, 0.05) is 18.1 Å². The molecule has 3 atom stereocenters. The number of hydrazone groups is 1. The number of pyridine rings is 1. The number of halogens is 3. The lowest BCUT2D eigenvalue weighted by Crippen LogP contribution is -2.62. The van der Waals surface area contributed by atoms with E-state index in [0.717, 1.165) is 6.42 Å². The maximum atomic E-state index is 14.0. The van der Waals surface area contributed by atoms with Crippen LogP contribution in [0.25, 0.3) is 0 Å². The van der Waals surface area contributed by atoms with Gasteiger partial charge < -0.3 is 5.11 Å². The summed E-state index contributed by atoms with van der Waals surface area (Å²) in [5.41, 5.74) is -3.29. The molecule has 1 amide bonds. The van der Waals surface area contributed by atoms with E-state index in [1.165, 1.54) is 24.5 Å². The Morgan fingerprint density at radius 2 is 2.11 bits per heavy atom. The van der Waals surface area contributed by atoms with Gasteiger partial charge in [-0.1, -0.05) is 27.2 Å². The molecular formula is C19H24F3N3O2. The first-order valence-corrected chi connectivity index (χ1v) is 9.13. The summed E-state index contributed by atoms with van der Waals surface area (Å²) in [6.07, 6.45) is -0.442. The fourth-order valence-corrected chi connectivity index (χ4v) is 4.03. The van der Waals surface area contributed by atoms with Gasteiger partial charge in [0.05, 0.1) is 11.5 Å². The highest BCUT2D eigenvalue weighted by molar-refractivity contribution is 5.99. The average molecular weight is 383 g/mol. The number of aromatic nitrogens is 1. The van der Waals surface area contributed by atoms with Gasteiger partial charge in [0.25, 0.3) is 11.6 Å². The van der Waals surface area contributed by atoms with E-state index in [1.54, 1.807) is 0 Å². The molecule has 1 saturated carbocycles. The number of nitrogens with zero attached hydrogens (tertiary/aromatic N) is 3. The number of hydrogen-bond acceptors (Lipinski definition) is 4. The fourth-order valence-electron chi connectivity index (χ4n) is 4.03. The lowest BCUT2D eigenvalue weighted by molar-refractivity contribution is -0.314. The first-order valence-electron chi connectivity index (χ1n) is 9.13. The van der Waals surface area contributed by atoms with Crippen LogP contribution in [0.2, 0.25) is 0 Å². The number of carbonyl (C=O) groups is 1. The summed E-state index contributed by atoms with van der Waals surface area (Å²) in [5.74, 6) is -2.24. The van der Waals surface area contributed by atoms with Crippen molar-refractivity contribution in [3.8, 4) is 0 Å². The predicted octanol–water partition coefficient (Wildman–Crippen LogP) is 4.00. The number of fused-ring (bicyclic) bond motifs is 1. The van der Waals surface area contributed by atoms with Gasteiger partial charge in [0.2, 0.25) is 0 Å². The van der Waals surface area contributed by atoms with Crippen LogP contribution in [0.5, 0.6) is 0 Å². The summed E-state index contributed by atoms with van der Waals surface area (Å²) in [5, 5.41) is 15.0. The van der Waals surface area contributed by atoms with Crippen LogP contribution in [0.4, 0.5) is 13.2 Å². The Morgan fingerprint density at radius 1 is 1.41 bits per heavy atom. The van der Waals surface area contributed by atoms with Crippen molar-refractivity contribution >= 4 is 11.6 Å². The molecule has 1 N–H and O–H groups in total. The quantitative estimate of drug-likeness (QED) is 0.858. The molecule has 1 aromatic rings. The third-order valence-electron chi connectivity index (χ3n) is 6.24. The summed E-state index contributed by atoms with van der Waals surface area (Å²) >= 11 is 0. The maximum absolute atomic E-state index is 14.0. The molecule has 27 heavy (non-hydrogen) atoms. The van der Waals surface area contributed by atoms with E-state index in [0.29, 0.717) is 12.8 Å². The van der Waals surface area contributed by atoms with Gasteiger partial charge in [-0.15, -0.1) is 0 Å². The Labute approximate surface area is 156 Å². The molecular weight excluding hydrogens is 359 g/mol. The first-order chi connectivity index (χ1) is 12.5. The number of rotatable bonds is 3. The van der Waals surface area contributed by atoms with Gasteiger partial charge in [-0.3, -0.25) is 9.78 Å². The van der Waals surface area contributed by atoms with Crippen molar-refractivity contribution in [2.45, 2.75) is 58.4 Å². The van der Waals surface area contributed by atoms with Crippen molar-refractivity contribution in [1.29, 1.82) is 0 Å². The molecule has 1 aromatic heterocycles. The summed E-state index contributed by atoms with van der Waals surface area (Å²) in [7, 11) is 0. The fraction of sp³-hybridized carbons (Fsp3) is 0.632. The SMILES string of the molecule is CCC(C)(C)C1CCC2=NN(C(=O)c3cccnc3)C(O)(C(F)(F)F)C2C1. The second-order valence-electron chi connectivity index (χ2n) is 8.04. The number of aliphatic hydroxyl groups is 1. The lowest BCUT2D eigenvalue weighted by Gasteiger charge is -2.43. The van der Waals surface area contributed by atoms with Crippen LogP contribution in [0.15, 0.2) is 29.6 Å². The molecule has 0 spiro atoms. The number of carbonyl (C=O) groups excluding carboxylic acids is 1. The Morgan fingerprint density at radius 3 is 2.67 bits per heavy atom. The lowest BCUT2D eigenvalue weighted by atomic mass is 9.64. The zero-order chi connectivity index (χ0) is 20.0. The van der Waals surface area contributed by atoms with Crippen LogP contribution < -0.4 is 0 Å². The van der Waals surface area contributed by atoms with E-state index >= 15 is 0 Å². The normalized spacial score (nSPS) is 28.7. The molecule has 3 rings (SSSR count). The van der Waals surface area contributed by atoms with Gasteiger partial charge in [0.15, 0.2) is 0 Å². The van der Waals surface area contributed by atoms with Gasteiger partial charge in [0.1, 0.15) is 0 Å². The molecule has 0 saturated heterocycles. The summed E-state index contributed by atoms with van der Waals surface area (Å²) < 4.78 is 42.0. The van der Waals surface area contributed by atoms with Crippen molar-refractivity contribution in [2.75, 3.05) is 0 Å². The number of amides is 1. The third-order valence-corrected chi connectivity index (χ3v) is 6.24. The molecule has 5 nitrogen and oxygen atoms in total. The van der Waals surface area contributed by atoms with Crippen LogP contribution in [0.3, 0.4) is 0 Å². The van der Waals surface area contributed by atoms with Gasteiger partial charge in [-0.25, -0.2) is 0 Å². The molecule has 0 aromatic carbocycles. The third kappa shape index (κ3) is 3.13. The van der Waals surface area contributed by atoms with Crippen molar-refractivity contribution < 1.29 is 23.1 Å². The standard InChI is InChI=1S/C19H24F3N3O2/c1-4-17(2,3)13-7-8-15-14(10-13)18(27,19(20,21)22)25(24-15)16(26)12-6-5-9-23-11-12/h5-6,9,11,13-14,27H,4,7-8,10H2,1-3H3. The molecule has 3 unspecified atom stereocenters. The Hall–Kier alpha value is -1.96. The molecule has 0 bridgehead atoms. The predicted molar refractivity (Wildman–Crippen MR) is 93.7 cm³/mol. The van der Waals surface area contributed by atoms with E-state index in [-0.39, 0.29) is 34.0 Å². The number of hydrogen-bond donors (Lipinski definition) is 1. The van der Waals surface area contributed by atoms with E-state index in [2.05, 4.69) is 10.1 Å². The highest BCUT2D eigenvalue weighted by Gasteiger charge is 2.69. The van der Waals surface area contributed by atoms with Crippen molar-refractivity contribution in [3.63, 3.8) is 0 Å². The summed E-state index contributed by atoms with van der Waals surface area (Å²) in [6.45, 7) is 6.06. The van der Waals surface area contributed by atoms with Crippen LogP contribution in [0, 0.1) is 17.3 Å². The van der Waals surface area contributed by atoms with E-state index in [4.69, 9.17) is 0 Å². The number of alkyl halides is 3. The summed E-state index contributed by atoms with van der Waals surface area (Å²) in [4.78, 5) is 16.5. The second-order valence-corrected chi connectivity index (χ2v) is 8.04. The smallest absolute Gasteiger partial charge is 0.362 e. The molecule has 1 aliphatic heterocycles. The molecule has 1 aliphatic carbocycles. The van der Waals surface area contributed by atoms with Crippen LogP contribution in [-0.4, -0.2) is 38.6 Å². The zero-order valence-electron chi connectivity index (χ0n) is 15.6. The van der Waals surface area contributed by atoms with Crippen molar-refractivity contribution in [2.24, 2.45) is 22.4 Å². The Bertz CT molecular complexity index is 748.